The van der Waals surface area contributed by atoms with Crippen molar-refractivity contribution in [3.63, 3.8) is 0 Å². The van der Waals surface area contributed by atoms with E-state index in [2.05, 4.69) is 10.3 Å². The SMILES string of the molecule is CCOc1cc(C=C2SC(=Nc3ccccc3)NC2=O)ccc1OCc1cccc(Cl)c1. The fourth-order valence-corrected chi connectivity index (χ4v) is 4.10. The van der Waals surface area contributed by atoms with Crippen LogP contribution in [0.4, 0.5) is 5.69 Å². The molecule has 7 heteroatoms. The number of amides is 1. The van der Waals surface area contributed by atoms with Gasteiger partial charge in [-0.1, -0.05) is 48.0 Å². The lowest BCUT2D eigenvalue weighted by molar-refractivity contribution is -0.115. The van der Waals surface area contributed by atoms with Crippen LogP contribution in [0.25, 0.3) is 6.08 Å². The van der Waals surface area contributed by atoms with Crippen molar-refractivity contribution in [1.29, 1.82) is 0 Å². The van der Waals surface area contributed by atoms with Crippen molar-refractivity contribution in [2.75, 3.05) is 6.61 Å². The molecule has 5 nitrogen and oxygen atoms in total. The van der Waals surface area contributed by atoms with Crippen molar-refractivity contribution in [2.45, 2.75) is 13.5 Å². The number of nitrogens with one attached hydrogen (secondary N) is 1. The number of thioether (sulfide) groups is 1. The third-order valence-corrected chi connectivity index (χ3v) is 5.63. The molecule has 1 fully saturated rings. The number of nitrogens with zero attached hydrogens (tertiary/aromatic N) is 1. The Morgan fingerprint density at radius 2 is 1.84 bits per heavy atom. The summed E-state index contributed by atoms with van der Waals surface area (Å²) in [6.07, 6.45) is 1.82. The third-order valence-electron chi connectivity index (χ3n) is 4.49. The monoisotopic (exact) mass is 464 g/mol. The summed E-state index contributed by atoms with van der Waals surface area (Å²) < 4.78 is 11.7. The summed E-state index contributed by atoms with van der Waals surface area (Å²) in [4.78, 5) is 17.4. The zero-order valence-electron chi connectivity index (χ0n) is 17.4. The van der Waals surface area contributed by atoms with E-state index in [0.717, 1.165) is 16.8 Å². The Labute approximate surface area is 196 Å². The molecule has 0 unspecified atom stereocenters. The van der Waals surface area contributed by atoms with E-state index < -0.39 is 0 Å². The van der Waals surface area contributed by atoms with Crippen molar-refractivity contribution >= 4 is 46.2 Å². The van der Waals surface area contributed by atoms with Gasteiger partial charge >= 0.3 is 0 Å². The number of halogens is 1. The Hall–Kier alpha value is -3.22. The number of rotatable bonds is 7. The first-order valence-electron chi connectivity index (χ1n) is 10.1. The molecule has 0 bridgehead atoms. The number of carbonyl (C=O) groups excluding carboxylic acids is 1. The zero-order valence-corrected chi connectivity index (χ0v) is 19.0. The molecule has 1 heterocycles. The highest BCUT2D eigenvalue weighted by molar-refractivity contribution is 8.18. The van der Waals surface area contributed by atoms with Crippen LogP contribution in [0, 0.1) is 0 Å². The normalized spacial score (nSPS) is 15.8. The summed E-state index contributed by atoms with van der Waals surface area (Å²) >= 11 is 7.35. The second kappa shape index (κ2) is 10.4. The van der Waals surface area contributed by atoms with E-state index in [9.17, 15) is 4.79 Å². The van der Waals surface area contributed by atoms with Gasteiger partial charge in [0.2, 0.25) is 0 Å². The summed E-state index contributed by atoms with van der Waals surface area (Å²) in [6, 6.07) is 22.6. The first-order chi connectivity index (χ1) is 15.6. The van der Waals surface area contributed by atoms with Gasteiger partial charge in [0.05, 0.1) is 17.2 Å². The number of para-hydroxylation sites is 1. The fourth-order valence-electron chi connectivity index (χ4n) is 3.04. The minimum absolute atomic E-state index is 0.177. The van der Waals surface area contributed by atoms with Gasteiger partial charge in [-0.05, 0) is 72.3 Å². The van der Waals surface area contributed by atoms with Gasteiger partial charge in [-0.3, -0.25) is 4.79 Å². The summed E-state index contributed by atoms with van der Waals surface area (Å²) in [5.74, 6) is 1.07. The van der Waals surface area contributed by atoms with Crippen molar-refractivity contribution in [1.82, 2.24) is 5.32 Å². The smallest absolute Gasteiger partial charge is 0.264 e. The van der Waals surface area contributed by atoms with E-state index >= 15 is 0 Å². The molecule has 0 radical (unpaired) electrons. The van der Waals surface area contributed by atoms with E-state index in [1.54, 1.807) is 0 Å². The molecule has 1 N–H and O–H groups in total. The number of amidine groups is 1. The first-order valence-corrected chi connectivity index (χ1v) is 11.3. The molecular formula is C25H21ClN2O3S. The van der Waals surface area contributed by atoms with Crippen LogP contribution in [-0.4, -0.2) is 17.7 Å². The molecular weight excluding hydrogens is 444 g/mol. The quantitative estimate of drug-likeness (QED) is 0.422. The molecule has 0 spiro atoms. The molecule has 0 atom stereocenters. The van der Waals surface area contributed by atoms with E-state index in [4.69, 9.17) is 21.1 Å². The van der Waals surface area contributed by atoms with Crippen LogP contribution in [0.2, 0.25) is 5.02 Å². The minimum Gasteiger partial charge on any atom is -0.490 e. The number of hydrogen-bond donors (Lipinski definition) is 1. The summed E-state index contributed by atoms with van der Waals surface area (Å²) in [5.41, 5.74) is 2.59. The highest BCUT2D eigenvalue weighted by atomic mass is 35.5. The number of ether oxygens (including phenoxy) is 2. The molecule has 0 aliphatic carbocycles. The summed E-state index contributed by atoms with van der Waals surface area (Å²) in [5, 5.41) is 4.03. The molecule has 32 heavy (non-hydrogen) atoms. The highest BCUT2D eigenvalue weighted by Crippen LogP contribution is 2.33. The van der Waals surface area contributed by atoms with Crippen molar-refractivity contribution in [2.24, 2.45) is 4.99 Å². The minimum atomic E-state index is -0.177. The predicted molar refractivity (Wildman–Crippen MR) is 131 cm³/mol. The largest absolute Gasteiger partial charge is 0.490 e. The molecule has 1 saturated heterocycles. The van der Waals surface area contributed by atoms with Gasteiger partial charge in [-0.2, -0.15) is 0 Å². The lowest BCUT2D eigenvalue weighted by atomic mass is 10.2. The molecule has 0 saturated carbocycles. The van der Waals surface area contributed by atoms with Crippen LogP contribution < -0.4 is 14.8 Å². The van der Waals surface area contributed by atoms with Crippen molar-refractivity contribution in [3.8, 4) is 11.5 Å². The van der Waals surface area contributed by atoms with Gasteiger partial charge < -0.3 is 14.8 Å². The molecule has 162 valence electrons. The molecule has 3 aromatic carbocycles. The van der Waals surface area contributed by atoms with Crippen LogP contribution in [-0.2, 0) is 11.4 Å². The van der Waals surface area contributed by atoms with E-state index in [1.807, 2.05) is 85.8 Å². The zero-order chi connectivity index (χ0) is 22.3. The Kier molecular flexibility index (Phi) is 7.14. The average Bonchev–Trinajstić information content (AvgIpc) is 3.12. The van der Waals surface area contributed by atoms with E-state index in [-0.39, 0.29) is 5.91 Å². The average molecular weight is 465 g/mol. The molecule has 1 amide bonds. The first kappa shape index (κ1) is 22.0. The maximum atomic E-state index is 12.4. The highest BCUT2D eigenvalue weighted by Gasteiger charge is 2.24. The van der Waals surface area contributed by atoms with Crippen molar-refractivity contribution < 1.29 is 14.3 Å². The lowest BCUT2D eigenvalue weighted by Crippen LogP contribution is -2.19. The van der Waals surface area contributed by atoms with Crippen molar-refractivity contribution in [3.05, 3.63) is 93.9 Å². The van der Waals surface area contributed by atoms with Gasteiger partial charge in [0, 0.05) is 5.02 Å². The van der Waals surface area contributed by atoms with Gasteiger partial charge in [-0.25, -0.2) is 4.99 Å². The Morgan fingerprint density at radius 3 is 2.62 bits per heavy atom. The standard InChI is InChI=1S/C25H21ClN2O3S/c1-2-30-22-14-17(11-12-21(22)31-16-18-7-6-8-19(26)13-18)15-23-24(29)28-25(32-23)27-20-9-4-3-5-10-20/h3-15H,2,16H2,1H3,(H,27,28,29). The Bertz CT molecular complexity index is 1180. The molecule has 3 aromatic rings. The third kappa shape index (κ3) is 5.72. The van der Waals surface area contributed by atoms with Crippen LogP contribution in [0.1, 0.15) is 18.1 Å². The summed E-state index contributed by atoms with van der Waals surface area (Å²) in [6.45, 7) is 2.79. The second-order valence-electron chi connectivity index (χ2n) is 6.88. The molecule has 4 rings (SSSR count). The van der Waals surface area contributed by atoms with Gasteiger partial charge in [0.25, 0.3) is 5.91 Å². The van der Waals surface area contributed by atoms with Crippen LogP contribution in [0.15, 0.2) is 82.7 Å². The molecule has 0 aromatic heterocycles. The van der Waals surface area contributed by atoms with E-state index in [0.29, 0.717) is 39.8 Å². The fraction of sp³-hybridized carbons (Fsp3) is 0.120. The Morgan fingerprint density at radius 1 is 1.00 bits per heavy atom. The number of benzene rings is 3. The summed E-state index contributed by atoms with van der Waals surface area (Å²) in [7, 11) is 0. The lowest BCUT2D eigenvalue weighted by Gasteiger charge is -2.13. The Balaban J connectivity index is 1.51. The molecule has 1 aliphatic rings. The number of aliphatic imine (C=N–C) groups is 1. The van der Waals surface area contributed by atoms with Gasteiger partial charge in [0.15, 0.2) is 16.7 Å². The number of carbonyl (C=O) groups is 1. The number of hydrogen-bond acceptors (Lipinski definition) is 5. The van der Waals surface area contributed by atoms with Crippen LogP contribution >= 0.6 is 23.4 Å². The van der Waals surface area contributed by atoms with Gasteiger partial charge in [0.1, 0.15) is 6.61 Å². The topological polar surface area (TPSA) is 59.9 Å². The predicted octanol–water partition coefficient (Wildman–Crippen LogP) is 6.21. The van der Waals surface area contributed by atoms with E-state index in [1.165, 1.54) is 11.8 Å². The molecule has 1 aliphatic heterocycles. The van der Waals surface area contributed by atoms with Crippen LogP contribution in [0.5, 0.6) is 11.5 Å². The maximum absolute atomic E-state index is 12.4. The van der Waals surface area contributed by atoms with Gasteiger partial charge in [-0.15, -0.1) is 0 Å². The maximum Gasteiger partial charge on any atom is 0.264 e. The second-order valence-corrected chi connectivity index (χ2v) is 8.34. The van der Waals surface area contributed by atoms with Crippen LogP contribution in [0.3, 0.4) is 0 Å².